The van der Waals surface area contributed by atoms with Crippen LogP contribution in [0.2, 0.25) is 0 Å². The first kappa shape index (κ1) is 8.49. The second-order valence-corrected chi connectivity index (χ2v) is 4.16. The molecule has 1 heteroatoms. The van der Waals surface area contributed by atoms with Gasteiger partial charge in [0.25, 0.3) is 0 Å². The van der Waals surface area contributed by atoms with E-state index >= 15 is 0 Å². The Labute approximate surface area is 79.3 Å². The summed E-state index contributed by atoms with van der Waals surface area (Å²) in [6, 6.07) is 10.1. The van der Waals surface area contributed by atoms with Crippen LogP contribution in [0.3, 0.4) is 0 Å². The Kier molecular flexibility index (Phi) is 1.95. The average molecular weight is 173 g/mol. The lowest BCUT2D eigenvalue weighted by Crippen LogP contribution is -2.34. The first-order valence-electron chi connectivity index (χ1n) is 4.87. The second-order valence-electron chi connectivity index (χ2n) is 4.16. The van der Waals surface area contributed by atoms with Gasteiger partial charge >= 0.3 is 0 Å². The number of nitrogens with one attached hydrogen (secondary N) is 1. The molecule has 1 aromatic rings. The summed E-state index contributed by atoms with van der Waals surface area (Å²) >= 11 is 0. The van der Waals surface area contributed by atoms with Gasteiger partial charge < -0.3 is 5.41 Å². The molecule has 1 aliphatic rings. The second kappa shape index (κ2) is 2.99. The summed E-state index contributed by atoms with van der Waals surface area (Å²) in [5.74, 6) is 0. The number of hydrogen-bond acceptors (Lipinski definition) is 1. The van der Waals surface area contributed by atoms with Crippen LogP contribution in [-0.4, -0.2) is 5.71 Å². The van der Waals surface area contributed by atoms with Gasteiger partial charge in [-0.25, -0.2) is 0 Å². The molecule has 0 saturated heterocycles. The minimum atomic E-state index is 0.168. The molecule has 0 atom stereocenters. The molecule has 1 nitrogen and oxygen atoms in total. The molecule has 1 saturated carbocycles. The van der Waals surface area contributed by atoms with E-state index in [1.807, 2.05) is 30.3 Å². The van der Waals surface area contributed by atoms with Crippen LogP contribution in [0, 0.1) is 10.8 Å². The van der Waals surface area contributed by atoms with Crippen molar-refractivity contribution in [3.05, 3.63) is 35.9 Å². The van der Waals surface area contributed by atoms with Crippen molar-refractivity contribution in [2.45, 2.75) is 26.2 Å². The highest BCUT2D eigenvalue weighted by Gasteiger charge is 2.36. The number of hydrogen-bond donors (Lipinski definition) is 1. The quantitative estimate of drug-likeness (QED) is 0.664. The third-order valence-corrected chi connectivity index (χ3v) is 3.12. The van der Waals surface area contributed by atoms with Crippen LogP contribution in [0.15, 0.2) is 30.3 Å². The zero-order valence-electron chi connectivity index (χ0n) is 8.01. The van der Waals surface area contributed by atoms with E-state index in [4.69, 9.17) is 5.41 Å². The fourth-order valence-corrected chi connectivity index (χ4v) is 1.91. The van der Waals surface area contributed by atoms with E-state index in [1.165, 1.54) is 19.3 Å². The van der Waals surface area contributed by atoms with Crippen LogP contribution in [0.4, 0.5) is 0 Å². The summed E-state index contributed by atoms with van der Waals surface area (Å²) in [5.41, 5.74) is 2.07. The highest BCUT2D eigenvalue weighted by Crippen LogP contribution is 2.42. The molecule has 0 heterocycles. The van der Waals surface area contributed by atoms with Gasteiger partial charge in [0.15, 0.2) is 0 Å². The lowest BCUT2D eigenvalue weighted by atomic mass is 9.66. The van der Waals surface area contributed by atoms with Crippen LogP contribution < -0.4 is 0 Å². The maximum Gasteiger partial charge on any atom is 0.0445 e. The normalized spacial score (nSPS) is 19.2. The molecular weight excluding hydrogens is 158 g/mol. The van der Waals surface area contributed by atoms with Crippen LogP contribution in [-0.2, 0) is 0 Å². The molecule has 1 aromatic carbocycles. The Morgan fingerprint density at radius 2 is 1.85 bits per heavy atom. The average Bonchev–Trinajstić information content (AvgIpc) is 2.14. The van der Waals surface area contributed by atoms with Gasteiger partial charge in [-0.1, -0.05) is 43.7 Å². The summed E-state index contributed by atoms with van der Waals surface area (Å²) in [7, 11) is 0. The van der Waals surface area contributed by atoms with Gasteiger partial charge in [0.1, 0.15) is 0 Å². The van der Waals surface area contributed by atoms with E-state index < -0.39 is 0 Å². The van der Waals surface area contributed by atoms with Crippen LogP contribution in [0.5, 0.6) is 0 Å². The van der Waals surface area contributed by atoms with Crippen molar-refractivity contribution in [3.8, 4) is 0 Å². The molecular formula is C12H15N. The van der Waals surface area contributed by atoms with Gasteiger partial charge in [-0.2, -0.15) is 0 Å². The van der Waals surface area contributed by atoms with Crippen molar-refractivity contribution >= 4 is 5.71 Å². The molecule has 0 aliphatic heterocycles. The molecule has 1 fully saturated rings. The summed E-state index contributed by atoms with van der Waals surface area (Å²) < 4.78 is 0. The van der Waals surface area contributed by atoms with Crippen molar-refractivity contribution in [1.29, 1.82) is 5.41 Å². The largest absolute Gasteiger partial charge is 0.304 e. The van der Waals surface area contributed by atoms with Crippen molar-refractivity contribution in [3.63, 3.8) is 0 Å². The summed E-state index contributed by atoms with van der Waals surface area (Å²) in [5, 5.41) is 8.08. The fraction of sp³-hybridized carbons (Fsp3) is 0.417. The van der Waals surface area contributed by atoms with Crippen LogP contribution in [0.25, 0.3) is 0 Å². The van der Waals surface area contributed by atoms with E-state index in [0.717, 1.165) is 11.3 Å². The molecule has 1 aliphatic carbocycles. The molecule has 2 rings (SSSR count). The molecule has 0 radical (unpaired) electrons. The van der Waals surface area contributed by atoms with Crippen molar-refractivity contribution in [1.82, 2.24) is 0 Å². The number of rotatable bonds is 2. The molecule has 0 bridgehead atoms. The Morgan fingerprint density at radius 1 is 1.23 bits per heavy atom. The Bertz CT molecular complexity index is 309. The predicted octanol–water partition coefficient (Wildman–Crippen LogP) is 3.24. The van der Waals surface area contributed by atoms with E-state index in [-0.39, 0.29) is 5.41 Å². The molecule has 0 spiro atoms. The van der Waals surface area contributed by atoms with Gasteiger partial charge in [0.2, 0.25) is 0 Å². The van der Waals surface area contributed by atoms with Gasteiger partial charge in [-0.3, -0.25) is 0 Å². The zero-order chi connectivity index (χ0) is 9.31. The van der Waals surface area contributed by atoms with Gasteiger partial charge in [0.05, 0.1) is 0 Å². The van der Waals surface area contributed by atoms with Gasteiger partial charge in [-0.15, -0.1) is 0 Å². The SMILES string of the molecule is CC1(C(=N)c2ccccc2)CCC1. The van der Waals surface area contributed by atoms with Crippen molar-refractivity contribution in [2.24, 2.45) is 5.41 Å². The van der Waals surface area contributed by atoms with Crippen LogP contribution in [0.1, 0.15) is 31.7 Å². The van der Waals surface area contributed by atoms with E-state index in [0.29, 0.717) is 0 Å². The molecule has 0 aromatic heterocycles. The minimum absolute atomic E-state index is 0.168. The minimum Gasteiger partial charge on any atom is -0.304 e. The summed E-state index contributed by atoms with van der Waals surface area (Å²) in [6.45, 7) is 2.20. The van der Waals surface area contributed by atoms with Crippen LogP contribution >= 0.6 is 0 Å². The third kappa shape index (κ3) is 1.39. The molecule has 1 N–H and O–H groups in total. The van der Waals surface area contributed by atoms with E-state index in [9.17, 15) is 0 Å². The standard InChI is InChI=1S/C12H15N/c1-12(8-5-9-12)11(13)10-6-3-2-4-7-10/h2-4,6-7,13H,5,8-9H2,1H3. The lowest BCUT2D eigenvalue weighted by molar-refractivity contribution is 0.261. The van der Waals surface area contributed by atoms with Gasteiger partial charge in [0, 0.05) is 11.1 Å². The molecule has 68 valence electrons. The van der Waals surface area contributed by atoms with E-state index in [1.54, 1.807) is 0 Å². The Balaban J connectivity index is 2.23. The highest BCUT2D eigenvalue weighted by molar-refractivity contribution is 6.02. The zero-order valence-corrected chi connectivity index (χ0v) is 8.01. The topological polar surface area (TPSA) is 23.9 Å². The maximum atomic E-state index is 8.08. The Hall–Kier alpha value is -1.11. The smallest absolute Gasteiger partial charge is 0.0445 e. The highest BCUT2D eigenvalue weighted by atomic mass is 14.5. The third-order valence-electron chi connectivity index (χ3n) is 3.12. The summed E-state index contributed by atoms with van der Waals surface area (Å²) in [6.07, 6.45) is 3.65. The van der Waals surface area contributed by atoms with Crippen molar-refractivity contribution < 1.29 is 0 Å². The van der Waals surface area contributed by atoms with Crippen molar-refractivity contribution in [2.75, 3.05) is 0 Å². The first-order chi connectivity index (χ1) is 6.22. The predicted molar refractivity (Wildman–Crippen MR) is 55.2 cm³/mol. The monoisotopic (exact) mass is 173 g/mol. The lowest BCUT2D eigenvalue weighted by Gasteiger charge is -2.39. The van der Waals surface area contributed by atoms with E-state index in [2.05, 4.69) is 6.92 Å². The van der Waals surface area contributed by atoms with Gasteiger partial charge in [-0.05, 0) is 18.4 Å². The maximum absolute atomic E-state index is 8.08. The fourth-order valence-electron chi connectivity index (χ4n) is 1.91. The summed E-state index contributed by atoms with van der Waals surface area (Å²) in [4.78, 5) is 0. The molecule has 0 amide bonds. The first-order valence-corrected chi connectivity index (χ1v) is 4.87. The molecule has 13 heavy (non-hydrogen) atoms. The molecule has 0 unspecified atom stereocenters. The number of benzene rings is 1. The Morgan fingerprint density at radius 3 is 2.31 bits per heavy atom.